The first kappa shape index (κ1) is 12.6. The Morgan fingerprint density at radius 2 is 2.00 bits per heavy atom. The molecule has 0 amide bonds. The van der Waals surface area contributed by atoms with Crippen LogP contribution in [0.4, 0.5) is 4.39 Å². The van der Waals surface area contributed by atoms with Crippen molar-refractivity contribution in [3.05, 3.63) is 17.7 Å². The third kappa shape index (κ3) is 3.06. The maximum absolute atomic E-state index is 14.1. The van der Waals surface area contributed by atoms with Crippen molar-refractivity contribution in [1.82, 2.24) is 9.78 Å². The standard InChI is InChI=1S/C13H22FN3/c14-13-11(6-5-9-15)10-16-17(13)12-7-3-1-2-4-8-12/h10,12H,1-9,15H2. The molecular formula is C13H22FN3. The van der Waals surface area contributed by atoms with Crippen LogP contribution in [0.1, 0.15) is 56.6 Å². The second-order valence-electron chi connectivity index (χ2n) is 4.94. The molecule has 1 aliphatic rings. The first-order valence-electron chi connectivity index (χ1n) is 6.75. The maximum Gasteiger partial charge on any atom is 0.214 e. The van der Waals surface area contributed by atoms with Crippen LogP contribution in [0.3, 0.4) is 0 Å². The van der Waals surface area contributed by atoms with Crippen LogP contribution in [0.2, 0.25) is 0 Å². The Hall–Kier alpha value is -0.900. The second-order valence-corrected chi connectivity index (χ2v) is 4.94. The molecule has 1 aromatic rings. The Labute approximate surface area is 102 Å². The van der Waals surface area contributed by atoms with E-state index in [4.69, 9.17) is 5.73 Å². The number of rotatable bonds is 4. The van der Waals surface area contributed by atoms with Gasteiger partial charge < -0.3 is 5.73 Å². The Kier molecular flexibility index (Phi) is 4.54. The van der Waals surface area contributed by atoms with Crippen molar-refractivity contribution in [2.75, 3.05) is 6.54 Å². The molecule has 2 rings (SSSR count). The summed E-state index contributed by atoms with van der Waals surface area (Å²) < 4.78 is 15.7. The largest absolute Gasteiger partial charge is 0.330 e. The van der Waals surface area contributed by atoms with E-state index in [-0.39, 0.29) is 12.0 Å². The second kappa shape index (κ2) is 6.15. The predicted octanol–water partition coefficient (Wildman–Crippen LogP) is 2.81. The molecule has 0 atom stereocenters. The summed E-state index contributed by atoms with van der Waals surface area (Å²) in [6.07, 6.45) is 10.3. The molecule has 3 nitrogen and oxygen atoms in total. The lowest BCUT2D eigenvalue weighted by Crippen LogP contribution is -2.12. The van der Waals surface area contributed by atoms with Crippen molar-refractivity contribution in [3.8, 4) is 0 Å². The molecule has 4 heteroatoms. The minimum atomic E-state index is -0.134. The minimum Gasteiger partial charge on any atom is -0.330 e. The lowest BCUT2D eigenvalue weighted by molar-refractivity contribution is 0.342. The third-order valence-electron chi connectivity index (χ3n) is 3.62. The van der Waals surface area contributed by atoms with Gasteiger partial charge in [0.25, 0.3) is 0 Å². The zero-order chi connectivity index (χ0) is 12.1. The smallest absolute Gasteiger partial charge is 0.214 e. The Bertz CT molecular complexity index is 340. The van der Waals surface area contributed by atoms with Crippen LogP contribution in [-0.2, 0) is 6.42 Å². The first-order valence-corrected chi connectivity index (χ1v) is 6.75. The number of aryl methyl sites for hydroxylation is 1. The molecule has 96 valence electrons. The Morgan fingerprint density at radius 1 is 1.29 bits per heavy atom. The van der Waals surface area contributed by atoms with E-state index in [1.165, 1.54) is 25.7 Å². The Morgan fingerprint density at radius 3 is 2.65 bits per heavy atom. The quantitative estimate of drug-likeness (QED) is 0.821. The summed E-state index contributed by atoms with van der Waals surface area (Å²) in [7, 11) is 0. The van der Waals surface area contributed by atoms with Gasteiger partial charge >= 0.3 is 0 Å². The molecule has 0 unspecified atom stereocenters. The maximum atomic E-state index is 14.1. The van der Waals surface area contributed by atoms with Crippen molar-refractivity contribution >= 4 is 0 Å². The molecule has 1 heterocycles. The molecular weight excluding hydrogens is 217 g/mol. The third-order valence-corrected chi connectivity index (χ3v) is 3.62. The van der Waals surface area contributed by atoms with E-state index in [0.29, 0.717) is 13.0 Å². The van der Waals surface area contributed by atoms with E-state index >= 15 is 0 Å². The number of nitrogens with two attached hydrogens (primary N) is 1. The summed E-state index contributed by atoms with van der Waals surface area (Å²) in [5, 5.41) is 4.23. The van der Waals surface area contributed by atoms with Crippen LogP contribution in [0.5, 0.6) is 0 Å². The van der Waals surface area contributed by atoms with Crippen LogP contribution in [0, 0.1) is 5.95 Å². The van der Waals surface area contributed by atoms with Crippen molar-refractivity contribution < 1.29 is 4.39 Å². The fraction of sp³-hybridized carbons (Fsp3) is 0.769. The van der Waals surface area contributed by atoms with Crippen LogP contribution < -0.4 is 5.73 Å². The molecule has 17 heavy (non-hydrogen) atoms. The molecule has 1 fully saturated rings. The van der Waals surface area contributed by atoms with Crippen LogP contribution in [-0.4, -0.2) is 16.3 Å². The molecule has 2 N–H and O–H groups in total. The molecule has 0 spiro atoms. The highest BCUT2D eigenvalue weighted by Gasteiger charge is 2.19. The SMILES string of the molecule is NCCCc1cnn(C2CCCCCC2)c1F. The monoisotopic (exact) mass is 239 g/mol. The number of hydrogen-bond acceptors (Lipinski definition) is 2. The van der Waals surface area contributed by atoms with E-state index in [1.54, 1.807) is 10.9 Å². The van der Waals surface area contributed by atoms with Crippen molar-refractivity contribution in [2.24, 2.45) is 5.73 Å². The molecule has 1 aliphatic carbocycles. The lowest BCUT2D eigenvalue weighted by Gasteiger charge is -2.15. The average molecular weight is 239 g/mol. The summed E-state index contributed by atoms with van der Waals surface area (Å²) in [6.45, 7) is 0.605. The fourth-order valence-electron chi connectivity index (χ4n) is 2.60. The first-order chi connectivity index (χ1) is 8.33. The number of hydrogen-bond donors (Lipinski definition) is 1. The highest BCUT2D eigenvalue weighted by Crippen LogP contribution is 2.28. The van der Waals surface area contributed by atoms with Crippen LogP contribution in [0.25, 0.3) is 0 Å². The molecule has 0 bridgehead atoms. The molecule has 1 aromatic heterocycles. The van der Waals surface area contributed by atoms with Gasteiger partial charge in [-0.1, -0.05) is 25.7 Å². The summed E-state index contributed by atoms with van der Waals surface area (Å²) in [4.78, 5) is 0. The molecule has 0 aliphatic heterocycles. The van der Waals surface area contributed by atoms with Gasteiger partial charge in [0.2, 0.25) is 5.95 Å². The van der Waals surface area contributed by atoms with Gasteiger partial charge in [-0.25, -0.2) is 4.68 Å². The zero-order valence-corrected chi connectivity index (χ0v) is 10.4. The Balaban J connectivity index is 2.06. The fourth-order valence-corrected chi connectivity index (χ4v) is 2.60. The molecule has 0 aromatic carbocycles. The van der Waals surface area contributed by atoms with Gasteiger partial charge in [-0.2, -0.15) is 9.49 Å². The van der Waals surface area contributed by atoms with Crippen molar-refractivity contribution in [2.45, 2.75) is 57.4 Å². The van der Waals surface area contributed by atoms with Gasteiger partial charge in [0.05, 0.1) is 12.2 Å². The lowest BCUT2D eigenvalue weighted by atomic mass is 10.1. The molecule has 1 saturated carbocycles. The van der Waals surface area contributed by atoms with E-state index in [1.807, 2.05) is 0 Å². The topological polar surface area (TPSA) is 43.8 Å². The summed E-state index contributed by atoms with van der Waals surface area (Å²) >= 11 is 0. The van der Waals surface area contributed by atoms with Gasteiger partial charge in [-0.15, -0.1) is 0 Å². The average Bonchev–Trinajstić information content (AvgIpc) is 2.58. The number of aromatic nitrogens is 2. The van der Waals surface area contributed by atoms with E-state index in [9.17, 15) is 4.39 Å². The van der Waals surface area contributed by atoms with E-state index < -0.39 is 0 Å². The van der Waals surface area contributed by atoms with E-state index in [2.05, 4.69) is 5.10 Å². The highest BCUT2D eigenvalue weighted by molar-refractivity contribution is 5.07. The summed E-state index contributed by atoms with van der Waals surface area (Å²) in [5.41, 5.74) is 6.17. The zero-order valence-electron chi connectivity index (χ0n) is 10.4. The molecule has 0 radical (unpaired) electrons. The van der Waals surface area contributed by atoms with Crippen LogP contribution >= 0.6 is 0 Å². The highest BCUT2D eigenvalue weighted by atomic mass is 19.1. The van der Waals surface area contributed by atoms with Crippen molar-refractivity contribution in [3.63, 3.8) is 0 Å². The minimum absolute atomic E-state index is 0.134. The predicted molar refractivity (Wildman–Crippen MR) is 66.3 cm³/mol. The normalized spacial score (nSPS) is 18.2. The van der Waals surface area contributed by atoms with Gasteiger partial charge in [0, 0.05) is 5.56 Å². The van der Waals surface area contributed by atoms with Gasteiger partial charge in [-0.3, -0.25) is 0 Å². The van der Waals surface area contributed by atoms with Crippen LogP contribution in [0.15, 0.2) is 6.20 Å². The van der Waals surface area contributed by atoms with E-state index in [0.717, 1.165) is 24.8 Å². The molecule has 0 saturated heterocycles. The summed E-state index contributed by atoms with van der Waals surface area (Å²) in [6, 6.07) is 0.268. The number of nitrogens with zero attached hydrogens (tertiary/aromatic N) is 2. The summed E-state index contributed by atoms with van der Waals surface area (Å²) in [5.74, 6) is -0.134. The van der Waals surface area contributed by atoms with Gasteiger partial charge in [0.15, 0.2) is 0 Å². The van der Waals surface area contributed by atoms with Crippen molar-refractivity contribution in [1.29, 1.82) is 0 Å². The number of halogens is 1. The van der Waals surface area contributed by atoms with Gasteiger partial charge in [0.1, 0.15) is 0 Å². The van der Waals surface area contributed by atoms with Gasteiger partial charge in [-0.05, 0) is 32.2 Å².